The van der Waals surface area contributed by atoms with Gasteiger partial charge in [0.05, 0.1) is 6.04 Å². The maximum Gasteiger partial charge on any atom is 0.115 e. The van der Waals surface area contributed by atoms with Gasteiger partial charge in [-0.2, -0.15) is 0 Å². The zero-order valence-corrected chi connectivity index (χ0v) is 7.22. The molecule has 0 aliphatic rings. The molecule has 0 fully saturated rings. The van der Waals surface area contributed by atoms with Crippen LogP contribution in [0.25, 0.3) is 0 Å². The lowest BCUT2D eigenvalue weighted by Crippen LogP contribution is -2.11. The highest BCUT2D eigenvalue weighted by molar-refractivity contribution is 5.85. The summed E-state index contributed by atoms with van der Waals surface area (Å²) in [5.41, 5.74) is 6.09. The van der Waals surface area contributed by atoms with Gasteiger partial charge in [-0.3, -0.25) is 0 Å². The van der Waals surface area contributed by atoms with Gasteiger partial charge in [-0.1, -0.05) is 12.1 Å². The van der Waals surface area contributed by atoms with Gasteiger partial charge in [0.2, 0.25) is 0 Å². The van der Waals surface area contributed by atoms with Crippen molar-refractivity contribution in [3.05, 3.63) is 29.8 Å². The summed E-state index contributed by atoms with van der Waals surface area (Å²) < 4.78 is 12.0. The summed E-state index contributed by atoms with van der Waals surface area (Å²) >= 11 is 0. The highest BCUT2D eigenvalue weighted by Crippen LogP contribution is 2.14. The first-order chi connectivity index (χ1) is 5.24. The lowest BCUT2D eigenvalue weighted by atomic mass is 10.1. The molecule has 0 aliphatic carbocycles. The van der Waals surface area contributed by atoms with Crippen molar-refractivity contribution in [1.82, 2.24) is 0 Å². The topological polar surface area (TPSA) is 46.2 Å². The third-order valence-corrected chi connectivity index (χ3v) is 1.49. The number of phenolic OH excluding ortho intramolecular Hbond substituents is 1. The van der Waals surface area contributed by atoms with Gasteiger partial charge < -0.3 is 10.8 Å². The number of aromatic hydroxyl groups is 1. The molecule has 3 N–H and O–H groups in total. The van der Waals surface area contributed by atoms with Crippen molar-refractivity contribution < 1.29 is 9.50 Å². The number of alkyl halides is 1. The second kappa shape index (κ2) is 4.95. The lowest BCUT2D eigenvalue weighted by molar-refractivity contribution is 0.436. The first-order valence-corrected chi connectivity index (χ1v) is 3.34. The fraction of sp³-hybridized carbons (Fsp3) is 0.250. The van der Waals surface area contributed by atoms with E-state index >= 15 is 0 Å². The van der Waals surface area contributed by atoms with Gasteiger partial charge in [-0.05, 0) is 17.7 Å². The molecule has 0 saturated carbocycles. The molecule has 0 radical (unpaired) electrons. The summed E-state index contributed by atoms with van der Waals surface area (Å²) in [5.74, 6) is 0.166. The van der Waals surface area contributed by atoms with Crippen LogP contribution < -0.4 is 5.73 Å². The van der Waals surface area contributed by atoms with Crippen molar-refractivity contribution in [2.45, 2.75) is 6.04 Å². The molecule has 0 amide bonds. The molecular weight excluding hydrogens is 181 g/mol. The largest absolute Gasteiger partial charge is 0.508 e. The minimum absolute atomic E-state index is 0. The summed E-state index contributed by atoms with van der Waals surface area (Å²) in [4.78, 5) is 0. The van der Waals surface area contributed by atoms with Crippen molar-refractivity contribution in [2.75, 3.05) is 6.67 Å². The van der Waals surface area contributed by atoms with E-state index in [1.54, 1.807) is 12.1 Å². The fourth-order valence-corrected chi connectivity index (χ4v) is 0.811. The van der Waals surface area contributed by atoms with E-state index in [0.717, 1.165) is 0 Å². The van der Waals surface area contributed by atoms with Crippen LogP contribution in [-0.2, 0) is 0 Å². The van der Waals surface area contributed by atoms with Crippen LogP contribution in [0.2, 0.25) is 0 Å². The third-order valence-electron chi connectivity index (χ3n) is 1.49. The molecule has 0 spiro atoms. The fourth-order valence-electron chi connectivity index (χ4n) is 0.811. The van der Waals surface area contributed by atoms with E-state index < -0.39 is 12.7 Å². The quantitative estimate of drug-likeness (QED) is 0.749. The molecule has 0 bridgehead atoms. The predicted octanol–water partition coefficient (Wildman–Crippen LogP) is 1.78. The molecule has 68 valence electrons. The SMILES string of the molecule is Cl.N[C@H](CF)c1ccc(O)cc1. The molecule has 1 rings (SSSR count). The Balaban J connectivity index is 0.00000121. The first-order valence-electron chi connectivity index (χ1n) is 3.34. The van der Waals surface area contributed by atoms with Crippen LogP contribution in [0.1, 0.15) is 11.6 Å². The summed E-state index contributed by atoms with van der Waals surface area (Å²) in [6, 6.07) is 5.63. The number of hydrogen-bond donors (Lipinski definition) is 2. The molecule has 0 heterocycles. The van der Waals surface area contributed by atoms with Crippen LogP contribution in [0.15, 0.2) is 24.3 Å². The van der Waals surface area contributed by atoms with Crippen molar-refractivity contribution in [3.8, 4) is 5.75 Å². The van der Waals surface area contributed by atoms with Crippen LogP contribution in [0.5, 0.6) is 5.75 Å². The lowest BCUT2D eigenvalue weighted by Gasteiger charge is -2.05. The normalized spacial score (nSPS) is 11.8. The Bertz CT molecular complexity index is 227. The van der Waals surface area contributed by atoms with Gasteiger partial charge in [-0.15, -0.1) is 12.4 Å². The first kappa shape index (κ1) is 11.2. The van der Waals surface area contributed by atoms with Gasteiger partial charge in [0, 0.05) is 0 Å². The van der Waals surface area contributed by atoms with E-state index in [1.165, 1.54) is 12.1 Å². The van der Waals surface area contributed by atoms with Crippen LogP contribution in [0, 0.1) is 0 Å². The van der Waals surface area contributed by atoms with Crippen molar-refractivity contribution in [2.24, 2.45) is 5.73 Å². The van der Waals surface area contributed by atoms with Crippen LogP contribution >= 0.6 is 12.4 Å². The molecule has 1 aromatic rings. The summed E-state index contributed by atoms with van der Waals surface area (Å²) in [6.45, 7) is -0.579. The molecule has 4 heteroatoms. The average Bonchev–Trinajstić information content (AvgIpc) is 2.05. The molecule has 0 saturated heterocycles. The van der Waals surface area contributed by atoms with Crippen LogP contribution in [0.3, 0.4) is 0 Å². The van der Waals surface area contributed by atoms with Crippen molar-refractivity contribution in [1.29, 1.82) is 0 Å². The van der Waals surface area contributed by atoms with Gasteiger partial charge in [0.15, 0.2) is 0 Å². The molecule has 0 aromatic heterocycles. The minimum Gasteiger partial charge on any atom is -0.508 e. The smallest absolute Gasteiger partial charge is 0.115 e. The zero-order chi connectivity index (χ0) is 8.27. The standard InChI is InChI=1S/C8H10FNO.ClH/c9-5-8(10)6-1-3-7(11)4-2-6;/h1-4,8,11H,5,10H2;1H/t8-;/m1./s1. The van der Waals surface area contributed by atoms with E-state index in [-0.39, 0.29) is 18.2 Å². The maximum absolute atomic E-state index is 12.0. The Kier molecular flexibility index (Phi) is 4.62. The molecule has 2 nitrogen and oxygen atoms in total. The monoisotopic (exact) mass is 191 g/mol. The molecular formula is C8H11ClFNO. The Labute approximate surface area is 76.6 Å². The highest BCUT2D eigenvalue weighted by atomic mass is 35.5. The van der Waals surface area contributed by atoms with Crippen LogP contribution in [-0.4, -0.2) is 11.8 Å². The summed E-state index contributed by atoms with van der Waals surface area (Å²) in [6.07, 6.45) is 0. The maximum atomic E-state index is 12.0. The van der Waals surface area contributed by atoms with Crippen molar-refractivity contribution in [3.63, 3.8) is 0 Å². The van der Waals surface area contributed by atoms with E-state index in [2.05, 4.69) is 0 Å². The van der Waals surface area contributed by atoms with E-state index in [9.17, 15) is 4.39 Å². The predicted molar refractivity (Wildman–Crippen MR) is 48.3 cm³/mol. The molecule has 12 heavy (non-hydrogen) atoms. The minimum atomic E-state index is -0.579. The third kappa shape index (κ3) is 2.68. The van der Waals surface area contributed by atoms with E-state index in [0.29, 0.717) is 5.56 Å². The Morgan fingerprint density at radius 2 is 1.83 bits per heavy atom. The number of phenols is 1. The number of nitrogens with two attached hydrogens (primary N) is 1. The molecule has 0 unspecified atom stereocenters. The molecule has 1 aromatic carbocycles. The Hall–Kier alpha value is -0.800. The van der Waals surface area contributed by atoms with Gasteiger partial charge in [0.1, 0.15) is 12.4 Å². The van der Waals surface area contributed by atoms with Crippen LogP contribution in [0.4, 0.5) is 4.39 Å². The Morgan fingerprint density at radius 3 is 2.25 bits per heavy atom. The highest BCUT2D eigenvalue weighted by Gasteiger charge is 2.03. The summed E-state index contributed by atoms with van der Waals surface area (Å²) in [7, 11) is 0. The number of benzene rings is 1. The summed E-state index contributed by atoms with van der Waals surface area (Å²) in [5, 5.41) is 8.88. The Morgan fingerprint density at radius 1 is 1.33 bits per heavy atom. The van der Waals surface area contributed by atoms with Gasteiger partial charge in [-0.25, -0.2) is 4.39 Å². The van der Waals surface area contributed by atoms with Gasteiger partial charge >= 0.3 is 0 Å². The van der Waals surface area contributed by atoms with E-state index in [1.807, 2.05) is 0 Å². The average molecular weight is 192 g/mol. The number of halogens is 2. The molecule has 1 atom stereocenters. The number of rotatable bonds is 2. The second-order valence-electron chi connectivity index (χ2n) is 2.35. The van der Waals surface area contributed by atoms with E-state index in [4.69, 9.17) is 10.8 Å². The van der Waals surface area contributed by atoms with Gasteiger partial charge in [0.25, 0.3) is 0 Å². The second-order valence-corrected chi connectivity index (χ2v) is 2.35. The van der Waals surface area contributed by atoms with Crippen molar-refractivity contribution >= 4 is 12.4 Å². The molecule has 0 aliphatic heterocycles. The number of hydrogen-bond acceptors (Lipinski definition) is 2. The zero-order valence-electron chi connectivity index (χ0n) is 6.40.